The summed E-state index contributed by atoms with van der Waals surface area (Å²) in [5, 5.41) is 0. The van der Waals surface area contributed by atoms with Crippen molar-refractivity contribution in [2.24, 2.45) is 17.3 Å². The first kappa shape index (κ1) is 15.0. The molecule has 0 fully saturated rings. The van der Waals surface area contributed by atoms with E-state index in [2.05, 4.69) is 41.5 Å². The monoisotopic (exact) mass is 212 g/mol. The Morgan fingerprint density at radius 1 is 0.867 bits per heavy atom. The summed E-state index contributed by atoms with van der Waals surface area (Å²) in [7, 11) is 0. The van der Waals surface area contributed by atoms with Gasteiger partial charge in [0.2, 0.25) is 0 Å². The minimum absolute atomic E-state index is 0.651. The molecule has 0 aliphatic carbocycles. The summed E-state index contributed by atoms with van der Waals surface area (Å²) < 4.78 is 0. The van der Waals surface area contributed by atoms with E-state index in [0.717, 1.165) is 11.8 Å². The summed E-state index contributed by atoms with van der Waals surface area (Å²) in [6.45, 7) is 14.2. The van der Waals surface area contributed by atoms with Crippen molar-refractivity contribution in [3.8, 4) is 0 Å². The largest absolute Gasteiger partial charge is 0.0654 e. The van der Waals surface area contributed by atoms with Crippen molar-refractivity contribution in [3.05, 3.63) is 0 Å². The zero-order valence-corrected chi connectivity index (χ0v) is 11.9. The normalized spacial score (nSPS) is 14.6. The summed E-state index contributed by atoms with van der Waals surface area (Å²) in [5.74, 6) is 1.73. The van der Waals surface area contributed by atoms with E-state index in [-0.39, 0.29) is 0 Å². The van der Waals surface area contributed by atoms with E-state index in [1.807, 2.05) is 0 Å². The quantitative estimate of drug-likeness (QED) is 0.486. The third-order valence-corrected chi connectivity index (χ3v) is 4.55. The molecule has 0 saturated heterocycles. The van der Waals surface area contributed by atoms with Crippen LogP contribution in [0.4, 0.5) is 0 Å². The molecule has 0 spiro atoms. The van der Waals surface area contributed by atoms with E-state index < -0.39 is 0 Å². The molecule has 15 heavy (non-hydrogen) atoms. The first-order valence-electron chi connectivity index (χ1n) is 7.01. The van der Waals surface area contributed by atoms with Gasteiger partial charge in [0.15, 0.2) is 0 Å². The molecule has 0 aromatic carbocycles. The summed E-state index contributed by atoms with van der Waals surface area (Å²) in [6, 6.07) is 0. The van der Waals surface area contributed by atoms with Crippen LogP contribution in [0.15, 0.2) is 0 Å². The number of rotatable bonds is 8. The second-order valence-corrected chi connectivity index (χ2v) is 5.72. The molecule has 0 aliphatic heterocycles. The highest BCUT2D eigenvalue weighted by Gasteiger charge is 2.25. The molecule has 0 heterocycles. The Morgan fingerprint density at radius 3 is 1.73 bits per heavy atom. The Balaban J connectivity index is 4.16. The minimum Gasteiger partial charge on any atom is -0.0654 e. The lowest BCUT2D eigenvalue weighted by atomic mass is 9.73. The smallest absolute Gasteiger partial charge is 0.0303 e. The van der Waals surface area contributed by atoms with E-state index in [9.17, 15) is 0 Å². The molecular formula is C15H32. The molecule has 0 saturated carbocycles. The standard InChI is InChI=1S/C15H32/c1-7-11-15(8-2,9-3)12-10-14(6)13(4)5/h13-14H,7-12H2,1-6H3. The third-order valence-electron chi connectivity index (χ3n) is 4.55. The first-order valence-corrected chi connectivity index (χ1v) is 7.01. The van der Waals surface area contributed by atoms with Gasteiger partial charge in [0.25, 0.3) is 0 Å². The van der Waals surface area contributed by atoms with Crippen molar-refractivity contribution in [1.82, 2.24) is 0 Å². The molecular weight excluding hydrogens is 180 g/mol. The average Bonchev–Trinajstić information content (AvgIpc) is 2.23. The molecule has 1 unspecified atom stereocenters. The van der Waals surface area contributed by atoms with Crippen LogP contribution in [-0.2, 0) is 0 Å². The summed E-state index contributed by atoms with van der Waals surface area (Å²) >= 11 is 0. The molecule has 0 heteroatoms. The van der Waals surface area contributed by atoms with Crippen LogP contribution in [-0.4, -0.2) is 0 Å². The maximum atomic E-state index is 2.41. The van der Waals surface area contributed by atoms with Crippen LogP contribution in [0.25, 0.3) is 0 Å². The van der Waals surface area contributed by atoms with Gasteiger partial charge in [-0.2, -0.15) is 0 Å². The van der Waals surface area contributed by atoms with Gasteiger partial charge in [0, 0.05) is 0 Å². The summed E-state index contributed by atoms with van der Waals surface area (Å²) in [6.07, 6.45) is 8.35. The van der Waals surface area contributed by atoms with Crippen molar-refractivity contribution in [2.75, 3.05) is 0 Å². The molecule has 0 aromatic heterocycles. The van der Waals surface area contributed by atoms with Crippen molar-refractivity contribution in [3.63, 3.8) is 0 Å². The molecule has 0 nitrogen and oxygen atoms in total. The highest BCUT2D eigenvalue weighted by atomic mass is 14.3. The molecule has 0 bridgehead atoms. The first-order chi connectivity index (χ1) is 7.01. The third kappa shape index (κ3) is 5.04. The average molecular weight is 212 g/mol. The fourth-order valence-electron chi connectivity index (χ4n) is 2.48. The van der Waals surface area contributed by atoms with Gasteiger partial charge in [0.05, 0.1) is 0 Å². The van der Waals surface area contributed by atoms with Gasteiger partial charge >= 0.3 is 0 Å². The molecule has 0 radical (unpaired) electrons. The van der Waals surface area contributed by atoms with Crippen LogP contribution >= 0.6 is 0 Å². The van der Waals surface area contributed by atoms with Gasteiger partial charge in [-0.05, 0) is 36.5 Å². The Bertz CT molecular complexity index is 142. The Kier molecular flexibility index (Phi) is 7.30. The summed E-state index contributed by atoms with van der Waals surface area (Å²) in [5.41, 5.74) is 0.651. The fraction of sp³-hybridized carbons (Fsp3) is 1.00. The Labute approximate surface area is 97.8 Å². The zero-order chi connectivity index (χ0) is 11.9. The fourth-order valence-corrected chi connectivity index (χ4v) is 2.48. The topological polar surface area (TPSA) is 0 Å². The highest BCUT2D eigenvalue weighted by molar-refractivity contribution is 4.77. The molecule has 0 amide bonds. The molecule has 0 aromatic rings. The lowest BCUT2D eigenvalue weighted by Crippen LogP contribution is -2.20. The summed E-state index contributed by atoms with van der Waals surface area (Å²) in [4.78, 5) is 0. The predicted molar refractivity (Wildman–Crippen MR) is 71.2 cm³/mol. The van der Waals surface area contributed by atoms with E-state index in [1.54, 1.807) is 0 Å². The minimum atomic E-state index is 0.651. The molecule has 0 rings (SSSR count). The van der Waals surface area contributed by atoms with Gasteiger partial charge in [-0.25, -0.2) is 0 Å². The predicted octanol–water partition coefficient (Wildman–Crippen LogP) is 5.67. The van der Waals surface area contributed by atoms with E-state index in [1.165, 1.54) is 38.5 Å². The van der Waals surface area contributed by atoms with Gasteiger partial charge in [-0.3, -0.25) is 0 Å². The van der Waals surface area contributed by atoms with Crippen LogP contribution < -0.4 is 0 Å². The van der Waals surface area contributed by atoms with Gasteiger partial charge in [-0.15, -0.1) is 0 Å². The van der Waals surface area contributed by atoms with Gasteiger partial charge in [-0.1, -0.05) is 60.8 Å². The number of hydrogen-bond acceptors (Lipinski definition) is 0. The van der Waals surface area contributed by atoms with Crippen molar-refractivity contribution < 1.29 is 0 Å². The van der Waals surface area contributed by atoms with E-state index in [4.69, 9.17) is 0 Å². The number of hydrogen-bond donors (Lipinski definition) is 0. The van der Waals surface area contributed by atoms with Crippen molar-refractivity contribution in [1.29, 1.82) is 0 Å². The maximum absolute atomic E-state index is 2.41. The van der Waals surface area contributed by atoms with Crippen molar-refractivity contribution >= 4 is 0 Å². The molecule has 0 aliphatic rings. The van der Waals surface area contributed by atoms with Gasteiger partial charge in [0.1, 0.15) is 0 Å². The Hall–Kier alpha value is 0. The van der Waals surface area contributed by atoms with Crippen LogP contribution in [0, 0.1) is 17.3 Å². The lowest BCUT2D eigenvalue weighted by Gasteiger charge is -2.33. The van der Waals surface area contributed by atoms with Crippen LogP contribution in [0.5, 0.6) is 0 Å². The second-order valence-electron chi connectivity index (χ2n) is 5.72. The van der Waals surface area contributed by atoms with Crippen LogP contribution in [0.1, 0.15) is 80.1 Å². The van der Waals surface area contributed by atoms with Crippen LogP contribution in [0.2, 0.25) is 0 Å². The van der Waals surface area contributed by atoms with E-state index in [0.29, 0.717) is 5.41 Å². The Morgan fingerprint density at radius 2 is 1.40 bits per heavy atom. The molecule has 1 atom stereocenters. The second kappa shape index (κ2) is 7.30. The SMILES string of the molecule is CCCC(CC)(CC)CCC(C)C(C)C. The van der Waals surface area contributed by atoms with Crippen molar-refractivity contribution in [2.45, 2.75) is 80.1 Å². The van der Waals surface area contributed by atoms with E-state index >= 15 is 0 Å². The van der Waals surface area contributed by atoms with Gasteiger partial charge < -0.3 is 0 Å². The molecule has 92 valence electrons. The van der Waals surface area contributed by atoms with Crippen LogP contribution in [0.3, 0.4) is 0 Å². The highest BCUT2D eigenvalue weighted by Crippen LogP contribution is 2.38. The maximum Gasteiger partial charge on any atom is -0.0303 e. The lowest BCUT2D eigenvalue weighted by molar-refractivity contribution is 0.188. The zero-order valence-electron chi connectivity index (χ0n) is 11.9. The molecule has 0 N–H and O–H groups in total.